The molecule has 1 N–H and O–H groups in total. The van der Waals surface area contributed by atoms with Crippen LogP contribution in [0.4, 0.5) is 9.52 Å². The fraction of sp³-hybridized carbons (Fsp3) is 0. The molecule has 1 fully saturated rings. The highest BCUT2D eigenvalue weighted by molar-refractivity contribution is 8.18. The molecule has 2 heterocycles. The van der Waals surface area contributed by atoms with Crippen LogP contribution in [0.3, 0.4) is 0 Å². The average molecular weight is 416 g/mol. The summed E-state index contributed by atoms with van der Waals surface area (Å²) in [6, 6.07) is 13.3. The van der Waals surface area contributed by atoms with Gasteiger partial charge in [0.05, 0.1) is 10.6 Å². The summed E-state index contributed by atoms with van der Waals surface area (Å²) in [5.41, 5.74) is 2.49. The van der Waals surface area contributed by atoms with Crippen LogP contribution in [0.5, 0.6) is 0 Å². The topological polar surface area (TPSA) is 54.4 Å². The number of aromatic nitrogens is 1. The zero-order chi connectivity index (χ0) is 18.8. The van der Waals surface area contributed by atoms with Crippen LogP contribution in [0.25, 0.3) is 17.3 Å². The number of thiazole rings is 1. The van der Waals surface area contributed by atoms with Crippen molar-refractivity contribution in [1.82, 2.24) is 10.3 Å². The van der Waals surface area contributed by atoms with Gasteiger partial charge in [0.2, 0.25) is 5.13 Å². The quantitative estimate of drug-likeness (QED) is 0.575. The van der Waals surface area contributed by atoms with Gasteiger partial charge in [-0.05, 0) is 47.7 Å². The second kappa shape index (κ2) is 7.64. The molecule has 1 aliphatic heterocycles. The van der Waals surface area contributed by atoms with Crippen LogP contribution >= 0.6 is 34.7 Å². The number of benzene rings is 2. The maximum absolute atomic E-state index is 13.0. The van der Waals surface area contributed by atoms with Gasteiger partial charge < -0.3 is 5.32 Å². The minimum atomic E-state index is -0.316. The van der Waals surface area contributed by atoms with E-state index < -0.39 is 0 Å². The first-order chi connectivity index (χ1) is 13.1. The number of thioether (sulfide) groups is 1. The molecule has 0 atom stereocenters. The summed E-state index contributed by atoms with van der Waals surface area (Å²) in [6.45, 7) is 0. The summed E-state index contributed by atoms with van der Waals surface area (Å²) >= 11 is 8.52. The van der Waals surface area contributed by atoms with Gasteiger partial charge >= 0.3 is 0 Å². The molecule has 1 aliphatic rings. The van der Waals surface area contributed by atoms with Gasteiger partial charge in [-0.2, -0.15) is 4.99 Å². The smallest absolute Gasteiger partial charge is 0.264 e. The van der Waals surface area contributed by atoms with E-state index in [1.54, 1.807) is 30.3 Å². The molecule has 2 aromatic carbocycles. The summed E-state index contributed by atoms with van der Waals surface area (Å²) in [7, 11) is 0. The molecule has 134 valence electrons. The lowest BCUT2D eigenvalue weighted by molar-refractivity contribution is -0.115. The second-order valence-electron chi connectivity index (χ2n) is 5.56. The van der Waals surface area contributed by atoms with E-state index in [2.05, 4.69) is 15.3 Å². The summed E-state index contributed by atoms with van der Waals surface area (Å²) < 4.78 is 13.0. The lowest BCUT2D eigenvalue weighted by atomic mass is 10.2. The number of halogens is 2. The van der Waals surface area contributed by atoms with Crippen LogP contribution in [0.1, 0.15) is 5.56 Å². The van der Waals surface area contributed by atoms with E-state index in [0.717, 1.165) is 16.8 Å². The number of carbonyl (C=O) groups is 1. The minimum Gasteiger partial charge on any atom is -0.300 e. The number of nitrogens with one attached hydrogen (secondary N) is 1. The summed E-state index contributed by atoms with van der Waals surface area (Å²) in [5, 5.41) is 6.30. The number of amides is 1. The predicted molar refractivity (Wildman–Crippen MR) is 110 cm³/mol. The Balaban J connectivity index is 1.53. The summed E-state index contributed by atoms with van der Waals surface area (Å²) in [5.74, 6) is -0.555. The molecular weight excluding hydrogens is 405 g/mol. The Bertz CT molecular complexity index is 1060. The van der Waals surface area contributed by atoms with E-state index in [9.17, 15) is 9.18 Å². The standard InChI is InChI=1S/C19H11ClFN3OS2/c20-13-5-3-12(4-6-13)15-10-26-18(22-15)24-19-23-17(25)16(27-19)9-11-1-7-14(21)8-2-11/h1-10H,(H,22,23,24,25)/b16-9-. The first-order valence-electron chi connectivity index (χ1n) is 7.83. The fourth-order valence-electron chi connectivity index (χ4n) is 2.35. The average Bonchev–Trinajstić information content (AvgIpc) is 3.25. The molecule has 4 nitrogen and oxygen atoms in total. The van der Waals surface area contributed by atoms with Gasteiger partial charge in [0, 0.05) is 16.0 Å². The third-order valence-electron chi connectivity index (χ3n) is 3.65. The zero-order valence-electron chi connectivity index (χ0n) is 13.6. The van der Waals surface area contributed by atoms with Crippen LogP contribution in [-0.4, -0.2) is 16.1 Å². The maximum atomic E-state index is 13.0. The monoisotopic (exact) mass is 415 g/mol. The Labute approximate surface area is 167 Å². The highest BCUT2D eigenvalue weighted by Gasteiger charge is 2.24. The highest BCUT2D eigenvalue weighted by atomic mass is 35.5. The number of aliphatic imine (C=N–C) groups is 1. The Kier molecular flexibility index (Phi) is 5.07. The van der Waals surface area contributed by atoms with Crippen molar-refractivity contribution in [2.45, 2.75) is 0 Å². The molecule has 1 aromatic heterocycles. The lowest BCUT2D eigenvalue weighted by Gasteiger charge is -1.95. The predicted octanol–water partition coefficient (Wildman–Crippen LogP) is 5.49. The highest BCUT2D eigenvalue weighted by Crippen LogP contribution is 2.31. The number of hydrogen-bond donors (Lipinski definition) is 1. The molecule has 1 amide bonds. The van der Waals surface area contributed by atoms with Gasteiger partial charge in [-0.25, -0.2) is 9.37 Å². The van der Waals surface area contributed by atoms with Gasteiger partial charge in [-0.3, -0.25) is 4.79 Å². The van der Waals surface area contributed by atoms with Crippen molar-refractivity contribution in [3.63, 3.8) is 0 Å². The Morgan fingerprint density at radius 1 is 1.11 bits per heavy atom. The van der Waals surface area contributed by atoms with Crippen molar-refractivity contribution in [2.75, 3.05) is 0 Å². The Morgan fingerprint density at radius 3 is 2.59 bits per heavy atom. The molecule has 0 aliphatic carbocycles. The van der Waals surface area contributed by atoms with E-state index in [0.29, 0.717) is 20.2 Å². The number of hydrogen-bond acceptors (Lipinski definition) is 5. The van der Waals surface area contributed by atoms with Crippen molar-refractivity contribution in [1.29, 1.82) is 0 Å². The molecule has 3 aromatic rings. The molecule has 1 saturated heterocycles. The zero-order valence-corrected chi connectivity index (χ0v) is 16.0. The van der Waals surface area contributed by atoms with E-state index in [4.69, 9.17) is 11.6 Å². The van der Waals surface area contributed by atoms with Gasteiger partial charge in [0.1, 0.15) is 5.82 Å². The number of carbonyl (C=O) groups excluding carboxylic acids is 1. The van der Waals surface area contributed by atoms with Crippen molar-refractivity contribution >= 4 is 57.0 Å². The second-order valence-corrected chi connectivity index (χ2v) is 7.86. The van der Waals surface area contributed by atoms with Crippen LogP contribution in [0.15, 0.2) is 63.8 Å². The van der Waals surface area contributed by atoms with E-state index >= 15 is 0 Å². The molecular formula is C19H11ClFN3OS2. The Hall–Kier alpha value is -2.48. The molecule has 0 bridgehead atoms. The molecule has 0 radical (unpaired) electrons. The van der Waals surface area contributed by atoms with E-state index in [-0.39, 0.29) is 11.7 Å². The largest absolute Gasteiger partial charge is 0.300 e. The molecule has 0 saturated carbocycles. The third-order valence-corrected chi connectivity index (χ3v) is 5.54. The van der Waals surface area contributed by atoms with Crippen molar-refractivity contribution in [3.8, 4) is 11.3 Å². The number of amidine groups is 1. The Morgan fingerprint density at radius 2 is 1.85 bits per heavy atom. The van der Waals surface area contributed by atoms with Crippen LogP contribution in [-0.2, 0) is 4.79 Å². The maximum Gasteiger partial charge on any atom is 0.264 e. The van der Waals surface area contributed by atoms with Crippen LogP contribution < -0.4 is 5.32 Å². The summed E-state index contributed by atoms with van der Waals surface area (Å²) in [6.07, 6.45) is 1.70. The van der Waals surface area contributed by atoms with Crippen molar-refractivity contribution in [3.05, 3.63) is 75.2 Å². The van der Waals surface area contributed by atoms with Gasteiger partial charge in [-0.1, -0.05) is 35.9 Å². The first-order valence-corrected chi connectivity index (χ1v) is 9.91. The van der Waals surface area contributed by atoms with E-state index in [1.807, 2.05) is 17.5 Å². The normalized spacial score (nSPS) is 16.9. The van der Waals surface area contributed by atoms with Crippen LogP contribution in [0, 0.1) is 5.82 Å². The first kappa shape index (κ1) is 17.9. The number of nitrogens with zero attached hydrogens (tertiary/aromatic N) is 2. The van der Waals surface area contributed by atoms with Crippen LogP contribution in [0.2, 0.25) is 5.02 Å². The van der Waals surface area contributed by atoms with Gasteiger partial charge in [0.15, 0.2) is 5.17 Å². The van der Waals surface area contributed by atoms with Crippen molar-refractivity contribution in [2.24, 2.45) is 4.99 Å². The van der Waals surface area contributed by atoms with Gasteiger partial charge in [-0.15, -0.1) is 11.3 Å². The SMILES string of the molecule is O=C1NC(=Nc2nc(-c3ccc(Cl)cc3)cs2)S/C1=C\c1ccc(F)cc1. The molecule has 0 unspecified atom stereocenters. The molecule has 0 spiro atoms. The third kappa shape index (κ3) is 4.27. The van der Waals surface area contributed by atoms with Gasteiger partial charge in [0.25, 0.3) is 5.91 Å². The van der Waals surface area contributed by atoms with Crippen molar-refractivity contribution < 1.29 is 9.18 Å². The molecule has 27 heavy (non-hydrogen) atoms. The number of rotatable bonds is 3. The van der Waals surface area contributed by atoms with E-state index in [1.165, 1.54) is 35.2 Å². The minimum absolute atomic E-state index is 0.238. The fourth-order valence-corrected chi connectivity index (χ4v) is 4.05. The molecule has 4 rings (SSSR count). The lowest BCUT2D eigenvalue weighted by Crippen LogP contribution is -2.19. The molecule has 8 heteroatoms. The summed E-state index contributed by atoms with van der Waals surface area (Å²) in [4.78, 5) is 21.5.